The molecule has 0 aliphatic rings. The number of rotatable bonds is 22. The molecule has 0 spiro atoms. The Labute approximate surface area is 185 Å². The smallest absolute Gasteiger partial charge is 0.00617 e. The first kappa shape index (κ1) is 28.9. The van der Waals surface area contributed by atoms with Crippen molar-refractivity contribution < 1.29 is 0 Å². The lowest BCUT2D eigenvalue weighted by molar-refractivity contribution is 0.418. The van der Waals surface area contributed by atoms with Gasteiger partial charge in [0.25, 0.3) is 0 Å². The highest BCUT2D eigenvalue weighted by molar-refractivity contribution is 4.64. The lowest BCUT2D eigenvalue weighted by Crippen LogP contribution is -2.31. The first-order valence-corrected chi connectivity index (χ1v) is 13.1. The molecule has 0 bridgehead atoms. The van der Waals surface area contributed by atoms with Crippen molar-refractivity contribution in [3.05, 3.63) is 0 Å². The molecule has 0 amide bonds. The molecule has 2 atom stereocenters. The van der Waals surface area contributed by atoms with E-state index in [9.17, 15) is 0 Å². The monoisotopic (exact) mass is 411 g/mol. The van der Waals surface area contributed by atoms with Gasteiger partial charge in [0.1, 0.15) is 0 Å². The zero-order chi connectivity index (χ0) is 21.7. The molecule has 0 aromatic carbocycles. The Kier molecular flexibility index (Phi) is 21.0. The van der Waals surface area contributed by atoms with Crippen LogP contribution in [0.25, 0.3) is 0 Å². The van der Waals surface area contributed by atoms with E-state index in [4.69, 9.17) is 0 Å². The summed E-state index contributed by atoms with van der Waals surface area (Å²) in [4.78, 5) is 0. The molecule has 0 aliphatic carbocycles. The van der Waals surface area contributed by atoms with E-state index in [-0.39, 0.29) is 0 Å². The molecule has 0 aromatic rings. The summed E-state index contributed by atoms with van der Waals surface area (Å²) in [5, 5.41) is 10.9. The second-order valence-corrected chi connectivity index (χ2v) is 9.97. The SMILES string of the molecule is CC(C)C(C)NCCCCCCCCNCCCCCCCCNC(C)C(C)C. The first-order valence-electron chi connectivity index (χ1n) is 13.1. The maximum atomic E-state index is 3.63. The Morgan fingerprint density at radius 1 is 0.379 bits per heavy atom. The molecular weight excluding hydrogens is 354 g/mol. The standard InChI is InChI=1S/C26H57N3/c1-23(2)25(5)28-21-17-13-9-7-11-15-19-27-20-16-12-8-10-14-18-22-29-26(6)24(3)4/h23-29H,7-22H2,1-6H3. The Hall–Kier alpha value is -0.120. The molecule has 3 heteroatoms. The molecule has 0 aromatic heterocycles. The van der Waals surface area contributed by atoms with Crippen LogP contribution in [0.5, 0.6) is 0 Å². The van der Waals surface area contributed by atoms with Crippen LogP contribution in [0.1, 0.15) is 119 Å². The van der Waals surface area contributed by atoms with Crippen molar-refractivity contribution in [3.8, 4) is 0 Å². The van der Waals surface area contributed by atoms with Gasteiger partial charge in [0.05, 0.1) is 0 Å². The van der Waals surface area contributed by atoms with Gasteiger partial charge < -0.3 is 16.0 Å². The normalized spacial score (nSPS) is 14.1. The maximum absolute atomic E-state index is 3.63. The van der Waals surface area contributed by atoms with Crippen LogP contribution in [0.2, 0.25) is 0 Å². The van der Waals surface area contributed by atoms with Crippen molar-refractivity contribution in [3.63, 3.8) is 0 Å². The molecule has 0 rings (SSSR count). The van der Waals surface area contributed by atoms with E-state index in [1.165, 1.54) is 103 Å². The molecule has 2 unspecified atom stereocenters. The maximum Gasteiger partial charge on any atom is 0.00617 e. The zero-order valence-electron chi connectivity index (χ0n) is 21.1. The predicted molar refractivity (Wildman–Crippen MR) is 133 cm³/mol. The van der Waals surface area contributed by atoms with Gasteiger partial charge >= 0.3 is 0 Å². The highest BCUT2D eigenvalue weighted by atomic mass is 14.9. The Morgan fingerprint density at radius 3 is 0.966 bits per heavy atom. The van der Waals surface area contributed by atoms with E-state index in [0.29, 0.717) is 12.1 Å². The third-order valence-electron chi connectivity index (χ3n) is 6.49. The predicted octanol–water partition coefficient (Wildman–Crippen LogP) is 6.53. The van der Waals surface area contributed by atoms with Crippen LogP contribution in [0.3, 0.4) is 0 Å². The minimum atomic E-state index is 0.654. The second kappa shape index (κ2) is 21.1. The van der Waals surface area contributed by atoms with Crippen molar-refractivity contribution in [1.29, 1.82) is 0 Å². The third kappa shape index (κ3) is 20.9. The van der Waals surface area contributed by atoms with Crippen LogP contribution in [0, 0.1) is 11.8 Å². The Bertz CT molecular complexity index is 287. The summed E-state index contributed by atoms with van der Waals surface area (Å²) in [5.41, 5.74) is 0. The van der Waals surface area contributed by atoms with E-state index >= 15 is 0 Å². The van der Waals surface area contributed by atoms with E-state index < -0.39 is 0 Å². The number of unbranched alkanes of at least 4 members (excludes halogenated alkanes) is 10. The number of hydrogen-bond acceptors (Lipinski definition) is 3. The van der Waals surface area contributed by atoms with Gasteiger partial charge in [0, 0.05) is 12.1 Å². The fourth-order valence-electron chi connectivity index (χ4n) is 3.42. The average Bonchev–Trinajstić information content (AvgIpc) is 2.69. The van der Waals surface area contributed by atoms with Gasteiger partial charge in [-0.1, -0.05) is 79.1 Å². The van der Waals surface area contributed by atoms with Gasteiger partial charge in [-0.15, -0.1) is 0 Å². The summed E-state index contributed by atoms with van der Waals surface area (Å²) < 4.78 is 0. The lowest BCUT2D eigenvalue weighted by Gasteiger charge is -2.17. The van der Waals surface area contributed by atoms with Crippen molar-refractivity contribution in [2.75, 3.05) is 26.2 Å². The Balaban J connectivity index is 3.10. The molecule has 176 valence electrons. The van der Waals surface area contributed by atoms with Crippen LogP contribution >= 0.6 is 0 Å². The van der Waals surface area contributed by atoms with Gasteiger partial charge in [0.15, 0.2) is 0 Å². The summed E-state index contributed by atoms with van der Waals surface area (Å²) in [7, 11) is 0. The van der Waals surface area contributed by atoms with Crippen molar-refractivity contribution in [2.24, 2.45) is 11.8 Å². The Morgan fingerprint density at radius 2 is 0.655 bits per heavy atom. The topological polar surface area (TPSA) is 36.1 Å². The first-order chi connectivity index (χ1) is 13.9. The largest absolute Gasteiger partial charge is 0.317 e. The molecule has 0 saturated carbocycles. The van der Waals surface area contributed by atoms with E-state index in [0.717, 1.165) is 11.8 Å². The molecule has 0 heterocycles. The second-order valence-electron chi connectivity index (χ2n) is 9.97. The quantitative estimate of drug-likeness (QED) is 0.177. The molecule has 0 fully saturated rings. The number of hydrogen-bond donors (Lipinski definition) is 3. The fourth-order valence-corrected chi connectivity index (χ4v) is 3.42. The molecule has 0 aliphatic heterocycles. The summed E-state index contributed by atoms with van der Waals surface area (Å²) in [6.07, 6.45) is 16.6. The van der Waals surface area contributed by atoms with E-state index in [1.807, 2.05) is 0 Å². The van der Waals surface area contributed by atoms with Gasteiger partial charge in [-0.2, -0.15) is 0 Å². The van der Waals surface area contributed by atoms with Crippen LogP contribution < -0.4 is 16.0 Å². The van der Waals surface area contributed by atoms with E-state index in [1.54, 1.807) is 0 Å². The van der Waals surface area contributed by atoms with Crippen LogP contribution in [-0.2, 0) is 0 Å². The summed E-state index contributed by atoms with van der Waals surface area (Å²) in [6.45, 7) is 18.6. The number of nitrogens with one attached hydrogen (secondary N) is 3. The lowest BCUT2D eigenvalue weighted by atomic mass is 10.1. The molecule has 3 N–H and O–H groups in total. The molecular formula is C26H57N3. The highest BCUT2D eigenvalue weighted by Crippen LogP contribution is 2.07. The van der Waals surface area contributed by atoms with Gasteiger partial charge in [-0.3, -0.25) is 0 Å². The summed E-state index contributed by atoms with van der Waals surface area (Å²) in [6, 6.07) is 1.31. The highest BCUT2D eigenvalue weighted by Gasteiger charge is 2.05. The third-order valence-corrected chi connectivity index (χ3v) is 6.49. The van der Waals surface area contributed by atoms with Crippen molar-refractivity contribution >= 4 is 0 Å². The van der Waals surface area contributed by atoms with Gasteiger partial charge in [-0.25, -0.2) is 0 Å². The van der Waals surface area contributed by atoms with E-state index in [2.05, 4.69) is 57.5 Å². The molecule has 0 radical (unpaired) electrons. The van der Waals surface area contributed by atoms with Crippen molar-refractivity contribution in [1.82, 2.24) is 16.0 Å². The fraction of sp³-hybridized carbons (Fsp3) is 1.00. The summed E-state index contributed by atoms with van der Waals surface area (Å²) >= 11 is 0. The van der Waals surface area contributed by atoms with Crippen LogP contribution in [-0.4, -0.2) is 38.3 Å². The minimum Gasteiger partial charge on any atom is -0.317 e. The van der Waals surface area contributed by atoms with Crippen LogP contribution in [0.15, 0.2) is 0 Å². The van der Waals surface area contributed by atoms with Crippen LogP contribution in [0.4, 0.5) is 0 Å². The molecule has 3 nitrogen and oxygen atoms in total. The summed E-state index contributed by atoms with van der Waals surface area (Å²) in [5.74, 6) is 1.49. The minimum absolute atomic E-state index is 0.654. The van der Waals surface area contributed by atoms with Gasteiger partial charge in [-0.05, 0) is 77.5 Å². The molecule has 0 saturated heterocycles. The van der Waals surface area contributed by atoms with Crippen molar-refractivity contribution in [2.45, 2.75) is 131 Å². The molecule has 29 heavy (non-hydrogen) atoms. The average molecular weight is 412 g/mol. The van der Waals surface area contributed by atoms with Gasteiger partial charge in [0.2, 0.25) is 0 Å². The zero-order valence-corrected chi connectivity index (χ0v) is 21.1.